The molecule has 2 aliphatic rings. The Hall–Kier alpha value is -2.32. The van der Waals surface area contributed by atoms with E-state index < -0.39 is 65.5 Å². The first kappa shape index (κ1) is 11.3. The molecule has 3 rings (SSSR count). The number of carboxylic acid groups (broad SMARTS) is 1. The number of rotatable bonds is 4. The molecule has 1 aromatic rings. The van der Waals surface area contributed by atoms with Crippen molar-refractivity contribution >= 4 is 29.5 Å². The van der Waals surface area contributed by atoms with Crippen molar-refractivity contribution in [2.45, 2.75) is 24.4 Å². The predicted molar refractivity (Wildman–Crippen MR) is 88.7 cm³/mol. The Morgan fingerprint density at radius 3 is 2.75 bits per heavy atom. The Morgan fingerprint density at radius 1 is 1.46 bits per heavy atom. The molecule has 1 saturated heterocycles. The van der Waals surface area contributed by atoms with Gasteiger partial charge in [0.05, 0.1) is 6.85 Å². The number of nitrogens with one attached hydrogen (secondary N) is 1. The molecule has 4 N–H and O–H groups in total. The van der Waals surface area contributed by atoms with Crippen LogP contribution in [0.5, 0.6) is 0 Å². The van der Waals surface area contributed by atoms with E-state index in [9.17, 15) is 19.5 Å². The lowest BCUT2D eigenvalue weighted by molar-refractivity contribution is -0.150. The van der Waals surface area contributed by atoms with Crippen LogP contribution in [0.4, 0.5) is 0 Å². The van der Waals surface area contributed by atoms with Crippen molar-refractivity contribution in [2.24, 2.45) is 5.73 Å². The van der Waals surface area contributed by atoms with E-state index >= 15 is 0 Å². The van der Waals surface area contributed by atoms with E-state index in [1.165, 1.54) is 11.8 Å². The number of benzene rings is 1. The van der Waals surface area contributed by atoms with E-state index in [-0.39, 0.29) is 11.3 Å². The minimum atomic E-state index is -1.60. The van der Waals surface area contributed by atoms with E-state index in [1.807, 2.05) is 0 Å². The molecule has 8 heteroatoms. The normalized spacial score (nSPS) is 27.0. The summed E-state index contributed by atoms with van der Waals surface area (Å²) < 4.78 is 38.7. The number of β-lactam (4-membered cyclic amide) rings is 1. The second-order valence-corrected chi connectivity index (χ2v) is 6.45. The maximum absolute atomic E-state index is 12.6. The minimum Gasteiger partial charge on any atom is -0.477 e. The SMILES string of the molecule is [2H]c1c([2H])c([2H])c([C@@H](N)C(=O)N[C@@H]2C(=O)N3C(C(=O)O)=C(C)CSC23)c([2H])c1[2H]. The van der Waals surface area contributed by atoms with Crippen LogP contribution in [0.1, 0.15) is 25.4 Å². The fraction of sp³-hybridized carbons (Fsp3) is 0.312. The van der Waals surface area contributed by atoms with Gasteiger partial charge < -0.3 is 16.2 Å². The van der Waals surface area contributed by atoms with Gasteiger partial charge in [-0.1, -0.05) is 30.2 Å². The highest BCUT2D eigenvalue weighted by Gasteiger charge is 2.53. The Balaban J connectivity index is 1.83. The lowest BCUT2D eigenvalue weighted by Crippen LogP contribution is -2.71. The summed E-state index contributed by atoms with van der Waals surface area (Å²) in [6.07, 6.45) is 0. The van der Waals surface area contributed by atoms with Crippen molar-refractivity contribution in [1.82, 2.24) is 10.2 Å². The number of carbonyl (C=O) groups excluding carboxylic acids is 2. The standard InChI is InChI=1S/C16H17N3O4S/c1-8-7-24-15-11(14(21)19(15)12(8)16(22)23)18-13(20)10(17)9-5-3-2-4-6-9/h2-6,10-11,15H,7,17H2,1H3,(H,18,20)(H,22,23)/t10-,11-,15?/m1/s1/i2D,3D,4D,5D,6D. The summed E-state index contributed by atoms with van der Waals surface area (Å²) in [7, 11) is 0. The van der Waals surface area contributed by atoms with Crippen LogP contribution in [0, 0.1) is 0 Å². The first-order valence-corrected chi connectivity index (χ1v) is 8.04. The summed E-state index contributed by atoms with van der Waals surface area (Å²) >= 11 is 1.29. The second-order valence-electron chi connectivity index (χ2n) is 5.35. The van der Waals surface area contributed by atoms with E-state index in [2.05, 4.69) is 5.32 Å². The highest BCUT2D eigenvalue weighted by atomic mass is 32.2. The lowest BCUT2D eigenvalue weighted by Gasteiger charge is -2.49. The molecule has 2 amide bonds. The summed E-state index contributed by atoms with van der Waals surface area (Å²) in [4.78, 5) is 37.5. The minimum absolute atomic E-state index is 0.112. The van der Waals surface area contributed by atoms with Gasteiger partial charge >= 0.3 is 5.97 Å². The number of aliphatic carboxylic acids is 1. The average Bonchev–Trinajstić information content (AvgIpc) is 2.68. The molecule has 126 valence electrons. The molecular weight excluding hydrogens is 330 g/mol. The molecule has 0 bridgehead atoms. The number of carboxylic acids is 1. The number of hydrogen-bond acceptors (Lipinski definition) is 5. The fourth-order valence-electron chi connectivity index (χ4n) is 2.56. The molecule has 0 radical (unpaired) electrons. The summed E-state index contributed by atoms with van der Waals surface area (Å²) in [6.45, 7) is 1.61. The van der Waals surface area contributed by atoms with Crippen molar-refractivity contribution in [3.05, 3.63) is 47.0 Å². The van der Waals surface area contributed by atoms with Gasteiger partial charge in [0, 0.05) is 5.75 Å². The van der Waals surface area contributed by atoms with Crippen LogP contribution in [0.25, 0.3) is 0 Å². The van der Waals surface area contributed by atoms with Gasteiger partial charge in [-0.2, -0.15) is 0 Å². The van der Waals surface area contributed by atoms with Crippen molar-refractivity contribution in [2.75, 3.05) is 5.75 Å². The van der Waals surface area contributed by atoms with Gasteiger partial charge in [-0.3, -0.25) is 14.5 Å². The van der Waals surface area contributed by atoms with Gasteiger partial charge in [-0.15, -0.1) is 11.8 Å². The number of carbonyl (C=O) groups is 3. The molecule has 3 atom stereocenters. The van der Waals surface area contributed by atoms with Gasteiger partial charge in [0.15, 0.2) is 0 Å². The summed E-state index contributed by atoms with van der Waals surface area (Å²) in [5.74, 6) is -2.37. The molecule has 1 aromatic carbocycles. The van der Waals surface area contributed by atoms with Crippen LogP contribution >= 0.6 is 11.8 Å². The number of thioether (sulfide) groups is 1. The van der Waals surface area contributed by atoms with Crippen LogP contribution in [-0.4, -0.2) is 45.0 Å². The largest absolute Gasteiger partial charge is 0.477 e. The molecule has 1 fully saturated rings. The van der Waals surface area contributed by atoms with E-state index in [1.54, 1.807) is 6.92 Å². The van der Waals surface area contributed by atoms with Gasteiger partial charge in [-0.25, -0.2) is 4.79 Å². The second kappa shape index (κ2) is 6.29. The van der Waals surface area contributed by atoms with E-state index in [0.717, 1.165) is 4.90 Å². The maximum atomic E-state index is 12.6. The molecule has 2 heterocycles. The van der Waals surface area contributed by atoms with Gasteiger partial charge in [0.25, 0.3) is 5.91 Å². The third kappa shape index (κ3) is 2.67. The fourth-order valence-corrected chi connectivity index (χ4v) is 3.86. The highest BCUT2D eigenvalue weighted by molar-refractivity contribution is 8.00. The molecule has 24 heavy (non-hydrogen) atoms. The molecule has 0 aromatic heterocycles. The third-order valence-corrected chi connectivity index (χ3v) is 5.20. The Morgan fingerprint density at radius 2 is 2.12 bits per heavy atom. The summed E-state index contributed by atoms with van der Waals surface area (Å²) in [5, 5.41) is 11.1. The number of fused-ring (bicyclic) bond motifs is 1. The predicted octanol–water partition coefficient (Wildman–Crippen LogP) is 0.445. The van der Waals surface area contributed by atoms with E-state index in [4.69, 9.17) is 12.6 Å². The molecule has 7 nitrogen and oxygen atoms in total. The molecule has 0 saturated carbocycles. The Bertz CT molecular complexity index is 957. The van der Waals surface area contributed by atoms with Crippen molar-refractivity contribution < 1.29 is 26.3 Å². The van der Waals surface area contributed by atoms with Crippen molar-refractivity contribution in [3.8, 4) is 0 Å². The van der Waals surface area contributed by atoms with Crippen LogP contribution in [0.3, 0.4) is 0 Å². The first-order chi connectivity index (χ1) is 13.5. The smallest absolute Gasteiger partial charge is 0.352 e. The number of nitrogens with two attached hydrogens (primary N) is 1. The quantitative estimate of drug-likeness (QED) is 0.678. The molecule has 0 aliphatic carbocycles. The number of hydrogen-bond donors (Lipinski definition) is 3. The van der Waals surface area contributed by atoms with Crippen LogP contribution in [0.15, 0.2) is 41.5 Å². The van der Waals surface area contributed by atoms with Gasteiger partial charge in [-0.05, 0) is 18.1 Å². The first-order valence-electron chi connectivity index (χ1n) is 9.49. The molecule has 1 unspecified atom stereocenters. The zero-order valence-electron chi connectivity index (χ0n) is 17.5. The van der Waals surface area contributed by atoms with E-state index in [0.29, 0.717) is 11.3 Å². The maximum Gasteiger partial charge on any atom is 0.352 e. The van der Waals surface area contributed by atoms with Crippen LogP contribution < -0.4 is 11.1 Å². The van der Waals surface area contributed by atoms with Crippen LogP contribution in [0.2, 0.25) is 0 Å². The van der Waals surface area contributed by atoms with Gasteiger partial charge in [0.1, 0.15) is 23.2 Å². The monoisotopic (exact) mass is 352 g/mol. The highest BCUT2D eigenvalue weighted by Crippen LogP contribution is 2.40. The van der Waals surface area contributed by atoms with Gasteiger partial charge in [0.2, 0.25) is 5.91 Å². The summed E-state index contributed by atoms with van der Waals surface area (Å²) in [5.41, 5.74) is 5.89. The number of amides is 2. The van der Waals surface area contributed by atoms with Crippen LogP contribution in [-0.2, 0) is 14.4 Å². The summed E-state index contributed by atoms with van der Waals surface area (Å²) in [6, 6.07) is -5.67. The third-order valence-electron chi connectivity index (χ3n) is 3.77. The topological polar surface area (TPSA) is 113 Å². The molecule has 0 spiro atoms. The van der Waals surface area contributed by atoms with Crippen molar-refractivity contribution in [1.29, 1.82) is 0 Å². The lowest BCUT2D eigenvalue weighted by atomic mass is 10.0. The Labute approximate surface area is 149 Å². The molecular formula is C16H17N3O4S. The Kier molecular flexibility index (Phi) is 2.95. The molecule has 2 aliphatic heterocycles. The average molecular weight is 352 g/mol. The zero-order chi connectivity index (χ0) is 21.8. The zero-order valence-corrected chi connectivity index (χ0v) is 13.4. The number of nitrogens with zero attached hydrogens (tertiary/aromatic N) is 1. The van der Waals surface area contributed by atoms with Crippen molar-refractivity contribution in [3.63, 3.8) is 0 Å².